The Labute approximate surface area is 113 Å². The van der Waals surface area contributed by atoms with E-state index in [0.29, 0.717) is 0 Å². The van der Waals surface area contributed by atoms with E-state index in [1.54, 1.807) is 14.2 Å². The average Bonchev–Trinajstić information content (AvgIpc) is 2.40. The minimum Gasteiger partial charge on any atom is -0.353 e. The molecule has 0 amide bonds. The Morgan fingerprint density at radius 1 is 0.722 bits per heavy atom. The molecule has 0 bridgehead atoms. The third-order valence-electron chi connectivity index (χ3n) is 3.70. The number of nitrogens with two attached hydrogens (primary N) is 1. The average molecular weight is 259 g/mol. The molecule has 0 aliphatic rings. The Morgan fingerprint density at radius 2 is 1.11 bits per heavy atom. The van der Waals surface area contributed by atoms with Crippen molar-refractivity contribution in [1.29, 1.82) is 0 Å². The van der Waals surface area contributed by atoms with Gasteiger partial charge in [-0.25, -0.2) is 0 Å². The second kappa shape index (κ2) is 11.9. The maximum absolute atomic E-state index is 5.46. The van der Waals surface area contributed by atoms with Crippen LogP contribution in [0.5, 0.6) is 0 Å². The molecule has 0 atom stereocenters. The number of hydrogen-bond donors (Lipinski definition) is 1. The van der Waals surface area contributed by atoms with E-state index in [9.17, 15) is 0 Å². The van der Waals surface area contributed by atoms with E-state index in [1.807, 2.05) is 6.92 Å². The number of methoxy groups -OCH3 is 2. The first-order valence-electron chi connectivity index (χ1n) is 7.49. The third kappa shape index (κ3) is 9.86. The lowest BCUT2D eigenvalue weighted by Gasteiger charge is -2.26. The van der Waals surface area contributed by atoms with Crippen molar-refractivity contribution in [3.63, 3.8) is 0 Å². The molecule has 3 nitrogen and oxygen atoms in total. The molecule has 0 saturated heterocycles. The monoisotopic (exact) mass is 259 g/mol. The second-order valence-electron chi connectivity index (χ2n) is 5.26. The minimum absolute atomic E-state index is 0.387. The Hall–Kier alpha value is -0.120. The van der Waals surface area contributed by atoms with Crippen LogP contribution in [0.25, 0.3) is 0 Å². The molecule has 110 valence electrons. The zero-order valence-electron chi connectivity index (χ0n) is 12.7. The molecular weight excluding hydrogens is 226 g/mol. The fourth-order valence-corrected chi connectivity index (χ4v) is 2.12. The molecule has 0 spiro atoms. The smallest absolute Gasteiger partial charge is 0.164 e. The molecule has 0 radical (unpaired) electrons. The van der Waals surface area contributed by atoms with Crippen LogP contribution < -0.4 is 5.73 Å². The van der Waals surface area contributed by atoms with Crippen LogP contribution in [0, 0.1) is 0 Å². The van der Waals surface area contributed by atoms with Gasteiger partial charge in [0.1, 0.15) is 0 Å². The van der Waals surface area contributed by atoms with Crippen molar-refractivity contribution in [2.75, 3.05) is 20.8 Å². The normalized spacial score (nSPS) is 12.0. The van der Waals surface area contributed by atoms with Gasteiger partial charge in [-0.2, -0.15) is 0 Å². The molecule has 0 aliphatic heterocycles. The quantitative estimate of drug-likeness (QED) is 0.403. The largest absolute Gasteiger partial charge is 0.353 e. The van der Waals surface area contributed by atoms with Gasteiger partial charge in [0.05, 0.1) is 0 Å². The van der Waals surface area contributed by atoms with Crippen molar-refractivity contribution in [2.45, 2.75) is 76.9 Å². The van der Waals surface area contributed by atoms with Crippen LogP contribution in [0.15, 0.2) is 0 Å². The van der Waals surface area contributed by atoms with Crippen LogP contribution >= 0.6 is 0 Å². The summed E-state index contributed by atoms with van der Waals surface area (Å²) in [7, 11) is 3.43. The van der Waals surface area contributed by atoms with Gasteiger partial charge in [0.25, 0.3) is 0 Å². The standard InChI is InChI=1S/C15H33NO2/c1-15(17-2,18-3)13-11-9-7-5-4-6-8-10-12-14-16/h4-14,16H2,1-3H3. The summed E-state index contributed by atoms with van der Waals surface area (Å²) in [5.41, 5.74) is 5.46. The van der Waals surface area contributed by atoms with Crippen LogP contribution in [0.4, 0.5) is 0 Å². The maximum Gasteiger partial charge on any atom is 0.164 e. The van der Waals surface area contributed by atoms with Gasteiger partial charge in [-0.15, -0.1) is 0 Å². The molecule has 0 aliphatic carbocycles. The first kappa shape index (κ1) is 17.9. The van der Waals surface area contributed by atoms with Gasteiger partial charge >= 0.3 is 0 Å². The Kier molecular flexibility index (Phi) is 11.9. The highest BCUT2D eigenvalue weighted by atomic mass is 16.7. The number of hydrogen-bond acceptors (Lipinski definition) is 3. The van der Waals surface area contributed by atoms with Crippen LogP contribution in [-0.4, -0.2) is 26.6 Å². The van der Waals surface area contributed by atoms with Gasteiger partial charge in [0, 0.05) is 20.6 Å². The third-order valence-corrected chi connectivity index (χ3v) is 3.70. The molecular formula is C15H33NO2. The number of unbranched alkanes of at least 4 members (excludes halogenated alkanes) is 8. The Morgan fingerprint density at radius 3 is 1.50 bits per heavy atom. The molecule has 0 unspecified atom stereocenters. The van der Waals surface area contributed by atoms with Crippen molar-refractivity contribution in [2.24, 2.45) is 5.73 Å². The van der Waals surface area contributed by atoms with E-state index in [1.165, 1.54) is 57.8 Å². The van der Waals surface area contributed by atoms with Gasteiger partial charge < -0.3 is 15.2 Å². The van der Waals surface area contributed by atoms with Crippen LogP contribution in [0.1, 0.15) is 71.1 Å². The van der Waals surface area contributed by atoms with Crippen LogP contribution in [0.3, 0.4) is 0 Å². The second-order valence-corrected chi connectivity index (χ2v) is 5.26. The van der Waals surface area contributed by atoms with Gasteiger partial charge in [0.2, 0.25) is 0 Å². The summed E-state index contributed by atoms with van der Waals surface area (Å²) in [5, 5.41) is 0. The lowest BCUT2D eigenvalue weighted by Crippen LogP contribution is -2.29. The van der Waals surface area contributed by atoms with Crippen molar-refractivity contribution >= 4 is 0 Å². The molecule has 0 heterocycles. The molecule has 18 heavy (non-hydrogen) atoms. The van der Waals surface area contributed by atoms with Crippen molar-refractivity contribution in [3.05, 3.63) is 0 Å². The Balaban J connectivity index is 3.21. The highest BCUT2D eigenvalue weighted by Crippen LogP contribution is 2.19. The van der Waals surface area contributed by atoms with Gasteiger partial charge in [-0.1, -0.05) is 44.9 Å². The fourth-order valence-electron chi connectivity index (χ4n) is 2.12. The summed E-state index contributed by atoms with van der Waals surface area (Å²) < 4.78 is 10.7. The Bertz CT molecular complexity index is 170. The minimum atomic E-state index is -0.387. The highest BCUT2D eigenvalue weighted by Gasteiger charge is 2.21. The predicted octanol–water partition coefficient (Wildman–Crippen LogP) is 3.86. The number of ether oxygens (including phenoxy) is 2. The fraction of sp³-hybridized carbons (Fsp3) is 1.00. The van der Waals surface area contributed by atoms with E-state index in [4.69, 9.17) is 15.2 Å². The molecule has 0 saturated carbocycles. The van der Waals surface area contributed by atoms with Gasteiger partial charge in [-0.3, -0.25) is 0 Å². The van der Waals surface area contributed by atoms with E-state index in [-0.39, 0.29) is 5.79 Å². The SMILES string of the molecule is COC(C)(CCCCCCCCCCCN)OC. The van der Waals surface area contributed by atoms with E-state index in [0.717, 1.165) is 13.0 Å². The summed E-state index contributed by atoms with van der Waals surface area (Å²) in [4.78, 5) is 0. The summed E-state index contributed by atoms with van der Waals surface area (Å²) in [6.45, 7) is 2.85. The van der Waals surface area contributed by atoms with E-state index < -0.39 is 0 Å². The molecule has 0 aromatic heterocycles. The van der Waals surface area contributed by atoms with Gasteiger partial charge in [-0.05, 0) is 26.3 Å². The first-order chi connectivity index (χ1) is 8.68. The highest BCUT2D eigenvalue weighted by molar-refractivity contribution is 4.61. The predicted molar refractivity (Wildman–Crippen MR) is 77.6 cm³/mol. The summed E-state index contributed by atoms with van der Waals surface area (Å²) in [5.74, 6) is -0.387. The topological polar surface area (TPSA) is 44.5 Å². The molecule has 0 rings (SSSR count). The molecule has 0 fully saturated rings. The molecule has 0 aromatic rings. The van der Waals surface area contributed by atoms with Crippen LogP contribution in [0.2, 0.25) is 0 Å². The van der Waals surface area contributed by atoms with Crippen molar-refractivity contribution in [3.8, 4) is 0 Å². The van der Waals surface area contributed by atoms with E-state index >= 15 is 0 Å². The lowest BCUT2D eigenvalue weighted by atomic mass is 10.0. The van der Waals surface area contributed by atoms with Crippen molar-refractivity contribution in [1.82, 2.24) is 0 Å². The molecule has 3 heteroatoms. The maximum atomic E-state index is 5.46. The molecule has 2 N–H and O–H groups in total. The summed E-state index contributed by atoms with van der Waals surface area (Å²) >= 11 is 0. The zero-order valence-corrected chi connectivity index (χ0v) is 12.7. The zero-order chi connectivity index (χ0) is 13.7. The summed E-state index contributed by atoms with van der Waals surface area (Å²) in [6, 6.07) is 0. The van der Waals surface area contributed by atoms with Gasteiger partial charge in [0.15, 0.2) is 5.79 Å². The van der Waals surface area contributed by atoms with Crippen molar-refractivity contribution < 1.29 is 9.47 Å². The van der Waals surface area contributed by atoms with E-state index in [2.05, 4.69) is 0 Å². The van der Waals surface area contributed by atoms with Crippen LogP contribution in [-0.2, 0) is 9.47 Å². The summed E-state index contributed by atoms with van der Waals surface area (Å²) in [6.07, 6.45) is 12.7. The lowest BCUT2D eigenvalue weighted by molar-refractivity contribution is -0.197. The molecule has 0 aromatic carbocycles. The number of rotatable bonds is 13. The first-order valence-corrected chi connectivity index (χ1v) is 7.49.